The standard InChI is InChI=1S/C15H16N2O4/c18-13(6-7-14(19)20)16-9-10-2-1-3-12(8-10)17-15(21)11-4-5-11/h1-3,6-8,11H,4-5,9H2,(H,16,18)(H,17,21)(H,19,20)/b7-6+. The van der Waals surface area contributed by atoms with Gasteiger partial charge in [0.05, 0.1) is 0 Å². The van der Waals surface area contributed by atoms with E-state index in [9.17, 15) is 14.4 Å². The molecule has 110 valence electrons. The van der Waals surface area contributed by atoms with Crippen LogP contribution >= 0.6 is 0 Å². The van der Waals surface area contributed by atoms with Crippen molar-refractivity contribution in [1.82, 2.24) is 5.32 Å². The summed E-state index contributed by atoms with van der Waals surface area (Å²) in [6.45, 7) is 0.260. The highest BCUT2D eigenvalue weighted by Gasteiger charge is 2.29. The van der Waals surface area contributed by atoms with Crippen molar-refractivity contribution in [2.75, 3.05) is 5.32 Å². The van der Waals surface area contributed by atoms with Crippen molar-refractivity contribution >= 4 is 23.5 Å². The Morgan fingerprint density at radius 3 is 2.67 bits per heavy atom. The predicted octanol–water partition coefficient (Wildman–Crippen LogP) is 1.29. The van der Waals surface area contributed by atoms with Gasteiger partial charge in [-0.2, -0.15) is 0 Å². The van der Waals surface area contributed by atoms with E-state index in [2.05, 4.69) is 10.6 Å². The Bertz CT molecular complexity index is 591. The number of carboxylic acids is 1. The third kappa shape index (κ3) is 5.10. The van der Waals surface area contributed by atoms with Gasteiger partial charge in [0.25, 0.3) is 0 Å². The lowest BCUT2D eigenvalue weighted by Gasteiger charge is -2.07. The third-order valence-corrected chi connectivity index (χ3v) is 2.99. The van der Waals surface area contributed by atoms with E-state index in [0.29, 0.717) is 5.69 Å². The zero-order valence-electron chi connectivity index (χ0n) is 11.3. The zero-order valence-corrected chi connectivity index (χ0v) is 11.3. The van der Waals surface area contributed by atoms with Gasteiger partial charge in [-0.3, -0.25) is 9.59 Å². The number of rotatable bonds is 6. The first-order valence-electron chi connectivity index (χ1n) is 6.63. The van der Waals surface area contributed by atoms with Crippen LogP contribution in [0.2, 0.25) is 0 Å². The van der Waals surface area contributed by atoms with E-state index in [1.807, 2.05) is 6.07 Å². The Hall–Kier alpha value is -2.63. The SMILES string of the molecule is O=C(O)/C=C/C(=O)NCc1cccc(NC(=O)C2CC2)c1. The van der Waals surface area contributed by atoms with Gasteiger partial charge in [0.15, 0.2) is 0 Å². The van der Waals surface area contributed by atoms with Gasteiger partial charge in [0.1, 0.15) is 0 Å². The topological polar surface area (TPSA) is 95.5 Å². The van der Waals surface area contributed by atoms with Crippen LogP contribution in [0.3, 0.4) is 0 Å². The highest BCUT2D eigenvalue weighted by atomic mass is 16.4. The minimum Gasteiger partial charge on any atom is -0.478 e. The van der Waals surface area contributed by atoms with Crippen molar-refractivity contribution in [2.24, 2.45) is 5.92 Å². The van der Waals surface area contributed by atoms with E-state index in [1.165, 1.54) is 0 Å². The molecule has 6 nitrogen and oxygen atoms in total. The van der Waals surface area contributed by atoms with E-state index in [0.717, 1.165) is 30.6 Å². The summed E-state index contributed by atoms with van der Waals surface area (Å²) in [6.07, 6.45) is 3.62. The van der Waals surface area contributed by atoms with Crippen molar-refractivity contribution < 1.29 is 19.5 Å². The predicted molar refractivity (Wildman–Crippen MR) is 76.4 cm³/mol. The molecule has 0 bridgehead atoms. The molecule has 1 saturated carbocycles. The maximum Gasteiger partial charge on any atom is 0.328 e. The van der Waals surface area contributed by atoms with Gasteiger partial charge in [0, 0.05) is 30.3 Å². The van der Waals surface area contributed by atoms with Crippen LogP contribution in [0.5, 0.6) is 0 Å². The molecule has 2 rings (SSSR count). The fourth-order valence-corrected chi connectivity index (χ4v) is 1.74. The van der Waals surface area contributed by atoms with Crippen LogP contribution in [0.15, 0.2) is 36.4 Å². The molecule has 0 spiro atoms. The molecule has 1 aromatic carbocycles. The molecule has 21 heavy (non-hydrogen) atoms. The second-order valence-electron chi connectivity index (χ2n) is 4.85. The van der Waals surface area contributed by atoms with Gasteiger partial charge in [-0.1, -0.05) is 12.1 Å². The number of hydrogen-bond acceptors (Lipinski definition) is 3. The molecule has 0 radical (unpaired) electrons. The summed E-state index contributed by atoms with van der Waals surface area (Å²) < 4.78 is 0. The van der Waals surface area contributed by atoms with Crippen molar-refractivity contribution in [2.45, 2.75) is 19.4 Å². The first kappa shape index (κ1) is 14.8. The first-order valence-corrected chi connectivity index (χ1v) is 6.63. The maximum absolute atomic E-state index is 11.7. The fourth-order valence-electron chi connectivity index (χ4n) is 1.74. The lowest BCUT2D eigenvalue weighted by atomic mass is 10.2. The Morgan fingerprint density at radius 2 is 2.00 bits per heavy atom. The molecule has 1 aliphatic carbocycles. The van der Waals surface area contributed by atoms with E-state index >= 15 is 0 Å². The molecule has 1 aliphatic rings. The quantitative estimate of drug-likeness (QED) is 0.687. The van der Waals surface area contributed by atoms with E-state index in [-0.39, 0.29) is 18.4 Å². The summed E-state index contributed by atoms with van der Waals surface area (Å²) in [5.41, 5.74) is 1.51. The molecular formula is C15H16N2O4. The van der Waals surface area contributed by atoms with E-state index in [4.69, 9.17) is 5.11 Å². The first-order chi connectivity index (χ1) is 10.0. The molecule has 0 aliphatic heterocycles. The Morgan fingerprint density at radius 1 is 1.24 bits per heavy atom. The number of carbonyl (C=O) groups is 3. The van der Waals surface area contributed by atoms with E-state index in [1.54, 1.807) is 18.2 Å². The molecule has 3 N–H and O–H groups in total. The molecule has 0 aromatic heterocycles. The van der Waals surface area contributed by atoms with Crippen LogP contribution in [0, 0.1) is 5.92 Å². The fraction of sp³-hybridized carbons (Fsp3) is 0.267. The van der Waals surface area contributed by atoms with Crippen LogP contribution < -0.4 is 10.6 Å². The number of nitrogens with one attached hydrogen (secondary N) is 2. The van der Waals surface area contributed by atoms with Gasteiger partial charge >= 0.3 is 5.97 Å². The average Bonchev–Trinajstić information content (AvgIpc) is 3.28. The van der Waals surface area contributed by atoms with Crippen molar-refractivity contribution in [3.8, 4) is 0 Å². The van der Waals surface area contributed by atoms with Gasteiger partial charge < -0.3 is 15.7 Å². The second kappa shape index (κ2) is 6.69. The number of amides is 2. The van der Waals surface area contributed by atoms with Crippen LogP contribution in [0.1, 0.15) is 18.4 Å². The number of hydrogen-bond donors (Lipinski definition) is 3. The molecular weight excluding hydrogens is 272 g/mol. The van der Waals surface area contributed by atoms with Gasteiger partial charge in [-0.05, 0) is 30.5 Å². The van der Waals surface area contributed by atoms with Gasteiger partial charge in [0.2, 0.25) is 11.8 Å². The lowest BCUT2D eigenvalue weighted by Crippen LogP contribution is -2.20. The summed E-state index contributed by atoms with van der Waals surface area (Å²) in [5.74, 6) is -1.49. The highest BCUT2D eigenvalue weighted by molar-refractivity contribution is 5.94. The summed E-state index contributed by atoms with van der Waals surface area (Å²) in [6, 6.07) is 7.17. The zero-order chi connectivity index (χ0) is 15.2. The lowest BCUT2D eigenvalue weighted by molar-refractivity contribution is -0.131. The normalized spacial score (nSPS) is 13.9. The van der Waals surface area contributed by atoms with Crippen LogP contribution in [-0.4, -0.2) is 22.9 Å². The van der Waals surface area contributed by atoms with Crippen LogP contribution in [0.4, 0.5) is 5.69 Å². The minimum absolute atomic E-state index is 0.0283. The molecule has 6 heteroatoms. The molecule has 0 unspecified atom stereocenters. The Balaban J connectivity index is 1.87. The van der Waals surface area contributed by atoms with E-state index < -0.39 is 11.9 Å². The third-order valence-electron chi connectivity index (χ3n) is 2.99. The number of aliphatic carboxylic acids is 1. The Labute approximate surface area is 121 Å². The number of benzene rings is 1. The summed E-state index contributed by atoms with van der Waals surface area (Å²) in [4.78, 5) is 33.3. The number of carboxylic acid groups (broad SMARTS) is 1. The number of carbonyl (C=O) groups excluding carboxylic acids is 2. The maximum atomic E-state index is 11.7. The minimum atomic E-state index is -1.17. The van der Waals surface area contributed by atoms with Crippen LogP contribution in [0.25, 0.3) is 0 Å². The summed E-state index contributed by atoms with van der Waals surface area (Å²) >= 11 is 0. The average molecular weight is 288 g/mol. The largest absolute Gasteiger partial charge is 0.478 e. The van der Waals surface area contributed by atoms with Crippen molar-refractivity contribution in [3.05, 3.63) is 42.0 Å². The smallest absolute Gasteiger partial charge is 0.328 e. The second-order valence-corrected chi connectivity index (χ2v) is 4.85. The van der Waals surface area contributed by atoms with Gasteiger partial charge in [-0.25, -0.2) is 4.79 Å². The molecule has 0 heterocycles. The summed E-state index contributed by atoms with van der Waals surface area (Å²) in [5, 5.41) is 13.8. The van der Waals surface area contributed by atoms with Crippen LogP contribution in [-0.2, 0) is 20.9 Å². The van der Waals surface area contributed by atoms with Crippen molar-refractivity contribution in [3.63, 3.8) is 0 Å². The molecule has 0 saturated heterocycles. The molecule has 1 fully saturated rings. The van der Waals surface area contributed by atoms with Gasteiger partial charge in [-0.15, -0.1) is 0 Å². The molecule has 1 aromatic rings. The molecule has 2 amide bonds. The number of anilines is 1. The highest BCUT2D eigenvalue weighted by Crippen LogP contribution is 2.30. The monoisotopic (exact) mass is 288 g/mol. The van der Waals surface area contributed by atoms with Crippen molar-refractivity contribution in [1.29, 1.82) is 0 Å². The summed E-state index contributed by atoms with van der Waals surface area (Å²) in [7, 11) is 0. The Kier molecular flexibility index (Phi) is 4.71. The molecule has 0 atom stereocenters.